The van der Waals surface area contributed by atoms with Crippen molar-refractivity contribution in [3.8, 4) is 5.75 Å². The number of rotatable bonds is 2. The van der Waals surface area contributed by atoms with Crippen LogP contribution in [0.2, 0.25) is 0 Å². The lowest BCUT2D eigenvalue weighted by Gasteiger charge is -2.11. The van der Waals surface area contributed by atoms with Gasteiger partial charge in [-0.2, -0.15) is 0 Å². The molecule has 1 aromatic rings. The van der Waals surface area contributed by atoms with Gasteiger partial charge >= 0.3 is 18.3 Å². The Bertz CT molecular complexity index is 439. The predicted molar refractivity (Wildman–Crippen MR) is 49.2 cm³/mol. The quantitative estimate of drug-likeness (QED) is 0.595. The van der Waals surface area contributed by atoms with Gasteiger partial charge in [-0.3, -0.25) is 4.79 Å². The summed E-state index contributed by atoms with van der Waals surface area (Å²) in [6.45, 7) is 0.963. The maximum absolute atomic E-state index is 12.0. The Morgan fingerprint density at radius 2 is 1.76 bits per heavy atom. The summed E-state index contributed by atoms with van der Waals surface area (Å²) in [6, 6.07) is 4.59. The molecule has 0 atom stereocenters. The molecule has 0 bridgehead atoms. The van der Waals surface area contributed by atoms with Crippen LogP contribution in [0.4, 0.5) is 13.2 Å². The number of esters is 2. The van der Waals surface area contributed by atoms with Crippen LogP contribution in [0, 0.1) is 0 Å². The van der Waals surface area contributed by atoms with Gasteiger partial charge in [-0.25, -0.2) is 4.79 Å². The van der Waals surface area contributed by atoms with Crippen LogP contribution in [-0.2, 0) is 9.53 Å². The van der Waals surface area contributed by atoms with E-state index in [-0.39, 0.29) is 0 Å². The van der Waals surface area contributed by atoms with E-state index in [0.717, 1.165) is 19.1 Å². The van der Waals surface area contributed by atoms with E-state index in [0.29, 0.717) is 0 Å². The largest absolute Gasteiger partial charge is 0.573 e. The number of hydrogen-bond acceptors (Lipinski definition) is 4. The average Bonchev–Trinajstić information content (AvgIpc) is 2.14. The molecule has 0 aliphatic rings. The number of carbonyl (C=O) groups excluding carboxylic acids is 2. The summed E-state index contributed by atoms with van der Waals surface area (Å²) in [5, 5.41) is 0. The lowest BCUT2D eigenvalue weighted by atomic mass is 10.2. The first kappa shape index (κ1) is 13.0. The third-order valence-electron chi connectivity index (χ3n) is 1.57. The minimum absolute atomic E-state index is 0.472. The van der Waals surface area contributed by atoms with Crippen molar-refractivity contribution in [3.05, 3.63) is 29.8 Å². The molecule has 0 aliphatic heterocycles. The lowest BCUT2D eigenvalue weighted by Crippen LogP contribution is -2.20. The Labute approximate surface area is 93.9 Å². The second-order valence-electron chi connectivity index (χ2n) is 2.93. The van der Waals surface area contributed by atoms with E-state index in [1.54, 1.807) is 0 Å². The molecule has 0 radical (unpaired) electrons. The van der Waals surface area contributed by atoms with Gasteiger partial charge < -0.3 is 9.47 Å². The zero-order valence-electron chi connectivity index (χ0n) is 8.58. The molecule has 0 spiro atoms. The van der Waals surface area contributed by atoms with Crippen molar-refractivity contribution in [1.82, 2.24) is 0 Å². The van der Waals surface area contributed by atoms with Gasteiger partial charge in [0.1, 0.15) is 11.3 Å². The standard InChI is InChI=1S/C10H7F3O4/c1-6(14)16-9(15)7-4-2-3-5-8(7)17-10(11,12)13/h2-5H,1H3. The SMILES string of the molecule is CC(=O)OC(=O)c1ccccc1OC(F)(F)F. The summed E-state index contributed by atoms with van der Waals surface area (Å²) in [4.78, 5) is 21.8. The summed E-state index contributed by atoms with van der Waals surface area (Å²) < 4.78 is 43.8. The fourth-order valence-corrected chi connectivity index (χ4v) is 1.03. The Kier molecular flexibility index (Phi) is 3.72. The van der Waals surface area contributed by atoms with Crippen LogP contribution in [0.25, 0.3) is 0 Å². The second-order valence-corrected chi connectivity index (χ2v) is 2.93. The number of carbonyl (C=O) groups is 2. The minimum Gasteiger partial charge on any atom is -0.405 e. The Morgan fingerprint density at radius 3 is 2.29 bits per heavy atom. The topological polar surface area (TPSA) is 52.6 Å². The fraction of sp³-hybridized carbons (Fsp3) is 0.200. The number of benzene rings is 1. The van der Waals surface area contributed by atoms with E-state index in [4.69, 9.17) is 0 Å². The highest BCUT2D eigenvalue weighted by Crippen LogP contribution is 2.26. The third-order valence-corrected chi connectivity index (χ3v) is 1.57. The summed E-state index contributed by atoms with van der Waals surface area (Å²) in [5.41, 5.74) is -0.472. The molecule has 92 valence electrons. The molecule has 7 heteroatoms. The minimum atomic E-state index is -4.92. The van der Waals surface area contributed by atoms with E-state index in [2.05, 4.69) is 9.47 Å². The summed E-state index contributed by atoms with van der Waals surface area (Å²) in [7, 11) is 0. The molecular formula is C10H7F3O4. The van der Waals surface area contributed by atoms with Crippen molar-refractivity contribution in [2.75, 3.05) is 0 Å². The fourth-order valence-electron chi connectivity index (χ4n) is 1.03. The van der Waals surface area contributed by atoms with Gasteiger partial charge in [-0.05, 0) is 12.1 Å². The highest BCUT2D eigenvalue weighted by Gasteiger charge is 2.33. The summed E-state index contributed by atoms with van der Waals surface area (Å²) in [6.07, 6.45) is -4.92. The molecule has 1 aromatic carbocycles. The van der Waals surface area contributed by atoms with Gasteiger partial charge in [0.15, 0.2) is 0 Å². The summed E-state index contributed by atoms with van der Waals surface area (Å²) in [5.74, 6) is -2.83. The maximum atomic E-state index is 12.0. The molecule has 1 rings (SSSR count). The third kappa shape index (κ3) is 4.13. The van der Waals surface area contributed by atoms with Crippen molar-refractivity contribution in [3.63, 3.8) is 0 Å². The molecule has 0 fully saturated rings. The van der Waals surface area contributed by atoms with E-state index in [1.807, 2.05) is 0 Å². The molecule has 0 saturated carbocycles. The summed E-state index contributed by atoms with van der Waals surface area (Å²) >= 11 is 0. The van der Waals surface area contributed by atoms with Gasteiger partial charge in [0.25, 0.3) is 0 Å². The van der Waals surface area contributed by atoms with Crippen LogP contribution < -0.4 is 4.74 Å². The van der Waals surface area contributed by atoms with Crippen molar-refractivity contribution >= 4 is 11.9 Å². The first-order valence-electron chi connectivity index (χ1n) is 4.37. The highest BCUT2D eigenvalue weighted by molar-refractivity contribution is 5.98. The lowest BCUT2D eigenvalue weighted by molar-refractivity contribution is -0.274. The normalized spacial score (nSPS) is 10.8. The van der Waals surface area contributed by atoms with Crippen LogP contribution in [0.1, 0.15) is 17.3 Å². The molecule has 0 unspecified atom stereocenters. The van der Waals surface area contributed by atoms with E-state index in [9.17, 15) is 22.8 Å². The molecule has 17 heavy (non-hydrogen) atoms. The predicted octanol–water partition coefficient (Wildman–Crippen LogP) is 2.29. The zero-order chi connectivity index (χ0) is 13.1. The molecule has 0 aliphatic carbocycles. The van der Waals surface area contributed by atoms with Crippen LogP contribution in [0.15, 0.2) is 24.3 Å². The zero-order valence-corrected chi connectivity index (χ0v) is 8.58. The van der Waals surface area contributed by atoms with E-state index in [1.165, 1.54) is 12.1 Å². The average molecular weight is 248 g/mol. The molecule has 0 amide bonds. The van der Waals surface area contributed by atoms with Crippen LogP contribution in [0.3, 0.4) is 0 Å². The van der Waals surface area contributed by atoms with Gasteiger partial charge in [0.2, 0.25) is 0 Å². The molecule has 0 N–H and O–H groups in total. The number of alkyl halides is 3. The highest BCUT2D eigenvalue weighted by atomic mass is 19.4. The number of halogens is 3. The van der Waals surface area contributed by atoms with Gasteiger partial charge in [0.05, 0.1) is 0 Å². The number of hydrogen-bond donors (Lipinski definition) is 0. The smallest absolute Gasteiger partial charge is 0.405 e. The van der Waals surface area contributed by atoms with E-state index < -0.39 is 29.6 Å². The van der Waals surface area contributed by atoms with Crippen LogP contribution in [0.5, 0.6) is 5.75 Å². The molecule has 0 saturated heterocycles. The molecule has 0 heterocycles. The van der Waals surface area contributed by atoms with Crippen LogP contribution in [-0.4, -0.2) is 18.3 Å². The Morgan fingerprint density at radius 1 is 1.18 bits per heavy atom. The van der Waals surface area contributed by atoms with Crippen molar-refractivity contribution in [2.45, 2.75) is 13.3 Å². The van der Waals surface area contributed by atoms with Crippen molar-refractivity contribution < 1.29 is 32.2 Å². The van der Waals surface area contributed by atoms with Crippen molar-refractivity contribution in [2.24, 2.45) is 0 Å². The van der Waals surface area contributed by atoms with Gasteiger partial charge in [-0.1, -0.05) is 12.1 Å². The molecule has 4 nitrogen and oxygen atoms in total. The molecular weight excluding hydrogens is 241 g/mol. The maximum Gasteiger partial charge on any atom is 0.573 e. The Hall–Kier alpha value is -2.05. The first-order chi connectivity index (χ1) is 7.79. The van der Waals surface area contributed by atoms with E-state index >= 15 is 0 Å². The monoisotopic (exact) mass is 248 g/mol. The van der Waals surface area contributed by atoms with Gasteiger partial charge in [0, 0.05) is 6.92 Å². The molecule has 0 aromatic heterocycles. The number of para-hydroxylation sites is 1. The van der Waals surface area contributed by atoms with Crippen LogP contribution >= 0.6 is 0 Å². The van der Waals surface area contributed by atoms with Gasteiger partial charge in [-0.15, -0.1) is 13.2 Å². The Balaban J connectivity index is 2.99. The second kappa shape index (κ2) is 4.86. The first-order valence-corrected chi connectivity index (χ1v) is 4.37. The van der Waals surface area contributed by atoms with Crippen molar-refractivity contribution in [1.29, 1.82) is 0 Å². The number of ether oxygens (including phenoxy) is 2.